The molecule has 1 N–H and O–H groups in total. The van der Waals surface area contributed by atoms with Crippen molar-refractivity contribution in [2.75, 3.05) is 11.7 Å². The van der Waals surface area contributed by atoms with Gasteiger partial charge in [0.05, 0.1) is 21.2 Å². The van der Waals surface area contributed by atoms with Gasteiger partial charge < -0.3 is 0 Å². The molecule has 0 atom stereocenters. The zero-order valence-electron chi connectivity index (χ0n) is 13.1. The number of nitrogens with zero attached hydrogens (tertiary/aromatic N) is 2. The number of anilines is 1. The van der Waals surface area contributed by atoms with Crippen LogP contribution < -0.4 is 5.43 Å². The normalized spacial score (nSPS) is 13.0. The van der Waals surface area contributed by atoms with E-state index in [0.29, 0.717) is 17.5 Å². The number of hydrazone groups is 1. The second-order valence-electron chi connectivity index (χ2n) is 5.16. The second-order valence-corrected chi connectivity index (χ2v) is 7.58. The van der Waals surface area contributed by atoms with Crippen LogP contribution in [0.5, 0.6) is 0 Å². The zero-order valence-corrected chi connectivity index (χ0v) is 14.7. The number of sulfone groups is 1. The smallest absolute Gasteiger partial charge is 0.260 e. The van der Waals surface area contributed by atoms with Crippen molar-refractivity contribution in [1.29, 1.82) is 0 Å². The summed E-state index contributed by atoms with van der Waals surface area (Å²) in [6, 6.07) is 6.76. The molecule has 0 aliphatic rings. The fourth-order valence-electron chi connectivity index (χ4n) is 1.82. The van der Waals surface area contributed by atoms with Crippen LogP contribution in [0.15, 0.2) is 46.5 Å². The van der Waals surface area contributed by atoms with Crippen LogP contribution in [0.3, 0.4) is 0 Å². The molecule has 134 valence electrons. The van der Waals surface area contributed by atoms with Crippen molar-refractivity contribution in [2.24, 2.45) is 5.10 Å². The molecule has 10 heteroatoms. The standard InChI is InChI=1S/C15H13ClF3N3O2S/c1-9(10-3-5-12(6-4-10)25(2,23)24)21-22-14-13(16)7-11(8-20-14)15(17,18)19/h3-8H,1-2H3,(H,20,22)/b21-9-. The van der Waals surface area contributed by atoms with E-state index in [1.54, 1.807) is 19.1 Å². The number of aromatic nitrogens is 1. The van der Waals surface area contributed by atoms with Crippen LogP contribution in [0.2, 0.25) is 5.02 Å². The first kappa shape index (κ1) is 19.2. The first-order valence-electron chi connectivity index (χ1n) is 6.82. The molecule has 5 nitrogen and oxygen atoms in total. The van der Waals surface area contributed by atoms with Crippen molar-refractivity contribution < 1.29 is 21.6 Å². The Hall–Kier alpha value is -2.13. The highest BCUT2D eigenvalue weighted by atomic mass is 35.5. The number of alkyl halides is 3. The van der Waals surface area contributed by atoms with Crippen LogP contribution in [0, 0.1) is 0 Å². The predicted molar refractivity (Wildman–Crippen MR) is 89.6 cm³/mol. The minimum atomic E-state index is -4.53. The Kier molecular flexibility index (Phi) is 5.38. The maximum Gasteiger partial charge on any atom is 0.417 e. The van der Waals surface area contributed by atoms with Crippen molar-refractivity contribution in [1.82, 2.24) is 4.98 Å². The van der Waals surface area contributed by atoms with Gasteiger partial charge in [0.1, 0.15) is 0 Å². The quantitative estimate of drug-likeness (QED) is 0.631. The minimum absolute atomic E-state index is 0.0261. The topological polar surface area (TPSA) is 71.4 Å². The number of benzene rings is 1. The summed E-state index contributed by atoms with van der Waals surface area (Å²) in [6.45, 7) is 1.64. The van der Waals surface area contributed by atoms with E-state index < -0.39 is 21.6 Å². The highest BCUT2D eigenvalue weighted by Gasteiger charge is 2.31. The fraction of sp³-hybridized carbons (Fsp3) is 0.200. The molecular formula is C15H13ClF3N3O2S. The molecule has 0 radical (unpaired) electrons. The number of hydrogen-bond donors (Lipinski definition) is 1. The van der Waals surface area contributed by atoms with Crippen molar-refractivity contribution in [3.63, 3.8) is 0 Å². The van der Waals surface area contributed by atoms with Crippen LogP contribution in [0.4, 0.5) is 19.0 Å². The Morgan fingerprint density at radius 1 is 1.24 bits per heavy atom. The third kappa shape index (κ3) is 4.93. The van der Waals surface area contributed by atoms with Crippen LogP contribution in [0.1, 0.15) is 18.1 Å². The Bertz CT molecular complexity index is 911. The largest absolute Gasteiger partial charge is 0.417 e. The number of hydrogen-bond acceptors (Lipinski definition) is 5. The van der Waals surface area contributed by atoms with Gasteiger partial charge in [-0.15, -0.1) is 0 Å². The second kappa shape index (κ2) is 7.01. The SMILES string of the molecule is C/C(=N/Nc1ncc(C(F)(F)F)cc1Cl)c1ccc(S(C)(=O)=O)cc1. The molecular weight excluding hydrogens is 379 g/mol. The van der Waals surface area contributed by atoms with Gasteiger partial charge in [-0.3, -0.25) is 5.43 Å². The number of nitrogens with one attached hydrogen (secondary N) is 1. The van der Waals surface area contributed by atoms with Gasteiger partial charge in [0.2, 0.25) is 0 Å². The molecule has 0 amide bonds. The van der Waals surface area contributed by atoms with E-state index in [9.17, 15) is 21.6 Å². The summed E-state index contributed by atoms with van der Waals surface area (Å²) in [5, 5.41) is 3.77. The predicted octanol–water partition coefficient (Wildman–Crippen LogP) is 3.99. The van der Waals surface area contributed by atoms with E-state index in [2.05, 4.69) is 15.5 Å². The van der Waals surface area contributed by atoms with E-state index in [0.717, 1.165) is 12.3 Å². The summed E-state index contributed by atoms with van der Waals surface area (Å²) in [5.74, 6) is -0.0261. The summed E-state index contributed by atoms with van der Waals surface area (Å²) in [6.07, 6.45) is -2.78. The average Bonchev–Trinajstić information content (AvgIpc) is 2.51. The third-order valence-electron chi connectivity index (χ3n) is 3.20. The maximum atomic E-state index is 12.6. The Balaban J connectivity index is 2.19. The van der Waals surface area contributed by atoms with Crippen molar-refractivity contribution in [3.05, 3.63) is 52.7 Å². The lowest BCUT2D eigenvalue weighted by Crippen LogP contribution is -2.07. The monoisotopic (exact) mass is 391 g/mol. The average molecular weight is 392 g/mol. The van der Waals surface area contributed by atoms with Gasteiger partial charge in [-0.05, 0) is 30.7 Å². The Labute approximate surface area is 147 Å². The summed E-state index contributed by atoms with van der Waals surface area (Å²) in [4.78, 5) is 3.78. The minimum Gasteiger partial charge on any atom is -0.260 e. The first-order valence-corrected chi connectivity index (χ1v) is 9.09. The molecule has 1 aromatic carbocycles. The lowest BCUT2D eigenvalue weighted by Gasteiger charge is -2.09. The third-order valence-corrected chi connectivity index (χ3v) is 4.61. The molecule has 1 heterocycles. The molecule has 0 fully saturated rings. The Morgan fingerprint density at radius 3 is 2.32 bits per heavy atom. The molecule has 1 aromatic heterocycles. The molecule has 0 saturated carbocycles. The zero-order chi connectivity index (χ0) is 18.8. The maximum absolute atomic E-state index is 12.6. The van der Waals surface area contributed by atoms with Crippen molar-refractivity contribution in [2.45, 2.75) is 18.0 Å². The van der Waals surface area contributed by atoms with Gasteiger partial charge in [-0.1, -0.05) is 23.7 Å². The summed E-state index contributed by atoms with van der Waals surface area (Å²) >= 11 is 5.77. The van der Waals surface area contributed by atoms with E-state index in [1.807, 2.05) is 0 Å². The van der Waals surface area contributed by atoms with E-state index >= 15 is 0 Å². The molecule has 2 aromatic rings. The molecule has 0 spiro atoms. The van der Waals surface area contributed by atoms with Gasteiger partial charge in [0.15, 0.2) is 15.7 Å². The van der Waals surface area contributed by atoms with Gasteiger partial charge in [-0.2, -0.15) is 18.3 Å². The van der Waals surface area contributed by atoms with Gasteiger partial charge >= 0.3 is 6.18 Å². The highest BCUT2D eigenvalue weighted by Crippen LogP contribution is 2.32. The van der Waals surface area contributed by atoms with E-state index in [-0.39, 0.29) is 15.7 Å². The van der Waals surface area contributed by atoms with E-state index in [1.165, 1.54) is 12.1 Å². The summed E-state index contributed by atoms with van der Waals surface area (Å²) in [5.41, 5.74) is 2.63. The fourth-order valence-corrected chi connectivity index (χ4v) is 2.66. The summed E-state index contributed by atoms with van der Waals surface area (Å²) < 4.78 is 60.5. The number of halogens is 4. The van der Waals surface area contributed by atoms with Gasteiger partial charge in [-0.25, -0.2) is 13.4 Å². The van der Waals surface area contributed by atoms with Crippen LogP contribution in [-0.2, 0) is 16.0 Å². The first-order chi connectivity index (χ1) is 11.5. The highest BCUT2D eigenvalue weighted by molar-refractivity contribution is 7.90. The molecule has 0 bridgehead atoms. The molecule has 0 unspecified atom stereocenters. The Morgan fingerprint density at radius 2 is 1.84 bits per heavy atom. The van der Waals surface area contributed by atoms with E-state index in [4.69, 9.17) is 11.6 Å². The summed E-state index contributed by atoms with van der Waals surface area (Å²) in [7, 11) is -3.30. The molecule has 0 saturated heterocycles. The lowest BCUT2D eigenvalue weighted by molar-refractivity contribution is -0.137. The van der Waals surface area contributed by atoms with Crippen molar-refractivity contribution >= 4 is 33.0 Å². The van der Waals surface area contributed by atoms with Crippen LogP contribution in [-0.4, -0.2) is 25.4 Å². The van der Waals surface area contributed by atoms with Gasteiger partial charge in [0, 0.05) is 12.5 Å². The van der Waals surface area contributed by atoms with Crippen LogP contribution >= 0.6 is 11.6 Å². The van der Waals surface area contributed by atoms with Crippen LogP contribution in [0.25, 0.3) is 0 Å². The molecule has 2 rings (SSSR count). The van der Waals surface area contributed by atoms with Gasteiger partial charge in [0.25, 0.3) is 0 Å². The molecule has 0 aliphatic carbocycles. The molecule has 25 heavy (non-hydrogen) atoms. The molecule has 0 aliphatic heterocycles. The van der Waals surface area contributed by atoms with Crippen molar-refractivity contribution in [3.8, 4) is 0 Å². The number of pyridine rings is 1. The number of rotatable bonds is 4. The lowest BCUT2D eigenvalue weighted by atomic mass is 10.1.